The second kappa shape index (κ2) is 5.72. The summed E-state index contributed by atoms with van der Waals surface area (Å²) < 4.78 is 5.35. The molecule has 1 fully saturated rings. The van der Waals surface area contributed by atoms with E-state index in [0.29, 0.717) is 5.41 Å². The monoisotopic (exact) mass is 235 g/mol. The van der Waals surface area contributed by atoms with Crippen molar-refractivity contribution in [2.24, 2.45) is 11.3 Å². The predicted molar refractivity (Wildman–Crippen MR) is 70.8 cm³/mol. The minimum absolute atomic E-state index is 0.556. The summed E-state index contributed by atoms with van der Waals surface area (Å²) in [5.41, 5.74) is 0.556. The zero-order chi connectivity index (χ0) is 12.1. The minimum atomic E-state index is 0.556. The maximum Gasteiger partial charge on any atom is 0.117 e. The summed E-state index contributed by atoms with van der Waals surface area (Å²) in [5, 5.41) is 3.58. The summed E-state index contributed by atoms with van der Waals surface area (Å²) in [6.07, 6.45) is 8.73. The molecule has 0 bridgehead atoms. The highest BCUT2D eigenvalue weighted by Crippen LogP contribution is 2.42. The van der Waals surface area contributed by atoms with Crippen molar-refractivity contribution in [3.05, 3.63) is 24.2 Å². The lowest BCUT2D eigenvalue weighted by Gasteiger charge is -2.31. The summed E-state index contributed by atoms with van der Waals surface area (Å²) in [7, 11) is 0. The highest BCUT2D eigenvalue weighted by atomic mass is 16.3. The second-order valence-electron chi connectivity index (χ2n) is 5.99. The Kier molecular flexibility index (Phi) is 4.27. The first-order valence-electron chi connectivity index (χ1n) is 6.93. The third kappa shape index (κ3) is 3.60. The van der Waals surface area contributed by atoms with Crippen LogP contribution in [0, 0.1) is 11.3 Å². The zero-order valence-corrected chi connectivity index (χ0v) is 11.2. The van der Waals surface area contributed by atoms with Gasteiger partial charge in [-0.15, -0.1) is 0 Å². The molecule has 1 heterocycles. The van der Waals surface area contributed by atoms with Crippen molar-refractivity contribution in [3.8, 4) is 0 Å². The Bertz CT molecular complexity index is 310. The summed E-state index contributed by atoms with van der Waals surface area (Å²) in [5.74, 6) is 1.85. The van der Waals surface area contributed by atoms with Crippen LogP contribution in [0.15, 0.2) is 22.8 Å². The first-order valence-corrected chi connectivity index (χ1v) is 6.93. The van der Waals surface area contributed by atoms with Gasteiger partial charge < -0.3 is 9.73 Å². The Morgan fingerprint density at radius 3 is 2.71 bits per heavy atom. The highest BCUT2D eigenvalue weighted by Gasteiger charge is 2.33. The van der Waals surface area contributed by atoms with Crippen LogP contribution >= 0.6 is 0 Å². The van der Waals surface area contributed by atoms with Crippen molar-refractivity contribution in [3.63, 3.8) is 0 Å². The van der Waals surface area contributed by atoms with E-state index in [1.807, 2.05) is 12.1 Å². The van der Waals surface area contributed by atoms with Gasteiger partial charge >= 0.3 is 0 Å². The van der Waals surface area contributed by atoms with E-state index in [-0.39, 0.29) is 0 Å². The lowest BCUT2D eigenvalue weighted by molar-refractivity contribution is 0.221. The molecule has 0 radical (unpaired) electrons. The van der Waals surface area contributed by atoms with Crippen LogP contribution in [0.4, 0.5) is 0 Å². The maximum absolute atomic E-state index is 5.35. The van der Waals surface area contributed by atoms with Gasteiger partial charge in [0.2, 0.25) is 0 Å². The minimum Gasteiger partial charge on any atom is -0.468 e. The normalized spacial score (nSPS) is 19.0. The molecule has 2 rings (SSSR count). The molecule has 1 aromatic rings. The van der Waals surface area contributed by atoms with Crippen molar-refractivity contribution < 1.29 is 4.42 Å². The molecule has 1 aromatic heterocycles. The fraction of sp³-hybridized carbons (Fsp3) is 0.733. The van der Waals surface area contributed by atoms with E-state index in [1.165, 1.54) is 32.1 Å². The lowest BCUT2D eigenvalue weighted by atomic mass is 9.78. The molecule has 1 aliphatic rings. The third-order valence-electron chi connectivity index (χ3n) is 3.88. The standard InChI is InChI=1S/C15H25NO/c1-13(2)10-15(7-3-4-8-15)12-16-11-14-6-5-9-17-14/h5-6,9,13,16H,3-4,7-8,10-12H2,1-2H3. The van der Waals surface area contributed by atoms with E-state index in [1.54, 1.807) is 6.26 Å². The summed E-state index contributed by atoms with van der Waals surface area (Å²) in [4.78, 5) is 0. The van der Waals surface area contributed by atoms with E-state index in [0.717, 1.165) is 24.8 Å². The zero-order valence-electron chi connectivity index (χ0n) is 11.2. The van der Waals surface area contributed by atoms with Crippen molar-refractivity contribution >= 4 is 0 Å². The summed E-state index contributed by atoms with van der Waals surface area (Å²) >= 11 is 0. The van der Waals surface area contributed by atoms with Crippen LogP contribution < -0.4 is 5.32 Å². The van der Waals surface area contributed by atoms with Crippen LogP contribution in [-0.4, -0.2) is 6.54 Å². The molecule has 1 aliphatic carbocycles. The van der Waals surface area contributed by atoms with Crippen molar-refractivity contribution in [1.29, 1.82) is 0 Å². The molecule has 0 aliphatic heterocycles. The van der Waals surface area contributed by atoms with Gasteiger partial charge in [0.25, 0.3) is 0 Å². The van der Waals surface area contributed by atoms with E-state index in [4.69, 9.17) is 4.42 Å². The molecule has 1 saturated carbocycles. The first-order chi connectivity index (χ1) is 8.20. The van der Waals surface area contributed by atoms with Crippen LogP contribution in [0.25, 0.3) is 0 Å². The highest BCUT2D eigenvalue weighted by molar-refractivity contribution is 4.98. The largest absolute Gasteiger partial charge is 0.468 e. The Labute approximate surface area is 105 Å². The van der Waals surface area contributed by atoms with E-state index in [2.05, 4.69) is 19.2 Å². The Morgan fingerprint density at radius 1 is 1.35 bits per heavy atom. The van der Waals surface area contributed by atoms with Crippen molar-refractivity contribution in [2.75, 3.05) is 6.54 Å². The number of nitrogens with one attached hydrogen (secondary N) is 1. The van der Waals surface area contributed by atoms with Gasteiger partial charge in [0, 0.05) is 6.54 Å². The van der Waals surface area contributed by atoms with Gasteiger partial charge in [0.1, 0.15) is 5.76 Å². The molecular weight excluding hydrogens is 210 g/mol. The SMILES string of the molecule is CC(C)CC1(CNCc2ccco2)CCCC1. The first kappa shape index (κ1) is 12.7. The van der Waals surface area contributed by atoms with Crippen LogP contribution in [0.5, 0.6) is 0 Å². The Hall–Kier alpha value is -0.760. The molecule has 2 heteroatoms. The predicted octanol–water partition coefficient (Wildman–Crippen LogP) is 3.98. The van der Waals surface area contributed by atoms with Crippen LogP contribution in [0.1, 0.15) is 51.7 Å². The molecule has 17 heavy (non-hydrogen) atoms. The van der Waals surface area contributed by atoms with Gasteiger partial charge in [-0.25, -0.2) is 0 Å². The maximum atomic E-state index is 5.35. The molecule has 96 valence electrons. The average Bonchev–Trinajstić information content (AvgIpc) is 2.89. The molecule has 0 spiro atoms. The van der Waals surface area contributed by atoms with Gasteiger partial charge in [-0.2, -0.15) is 0 Å². The number of furan rings is 1. The molecule has 0 amide bonds. The molecule has 0 atom stereocenters. The number of hydrogen-bond acceptors (Lipinski definition) is 2. The fourth-order valence-electron chi connectivity index (χ4n) is 3.31. The van der Waals surface area contributed by atoms with Crippen molar-refractivity contribution in [1.82, 2.24) is 5.32 Å². The third-order valence-corrected chi connectivity index (χ3v) is 3.88. The van der Waals surface area contributed by atoms with Gasteiger partial charge in [-0.3, -0.25) is 0 Å². The van der Waals surface area contributed by atoms with Gasteiger partial charge in [0.15, 0.2) is 0 Å². The van der Waals surface area contributed by atoms with Gasteiger partial charge in [-0.05, 0) is 42.7 Å². The Morgan fingerprint density at radius 2 is 2.12 bits per heavy atom. The Balaban J connectivity index is 1.81. The van der Waals surface area contributed by atoms with E-state index < -0.39 is 0 Å². The van der Waals surface area contributed by atoms with Crippen LogP contribution in [0.2, 0.25) is 0 Å². The molecular formula is C15H25NO. The molecule has 2 nitrogen and oxygen atoms in total. The molecule has 0 unspecified atom stereocenters. The molecule has 0 saturated heterocycles. The number of rotatable bonds is 6. The quantitative estimate of drug-likeness (QED) is 0.807. The molecule has 0 aromatic carbocycles. The lowest BCUT2D eigenvalue weighted by Crippen LogP contribution is -2.33. The average molecular weight is 235 g/mol. The number of hydrogen-bond donors (Lipinski definition) is 1. The smallest absolute Gasteiger partial charge is 0.117 e. The van der Waals surface area contributed by atoms with Gasteiger partial charge in [0.05, 0.1) is 12.8 Å². The topological polar surface area (TPSA) is 25.2 Å². The van der Waals surface area contributed by atoms with Crippen LogP contribution in [0.3, 0.4) is 0 Å². The van der Waals surface area contributed by atoms with E-state index in [9.17, 15) is 0 Å². The summed E-state index contributed by atoms with van der Waals surface area (Å²) in [6, 6.07) is 3.99. The van der Waals surface area contributed by atoms with E-state index >= 15 is 0 Å². The molecule has 1 N–H and O–H groups in total. The van der Waals surface area contributed by atoms with Gasteiger partial charge in [-0.1, -0.05) is 26.7 Å². The van der Waals surface area contributed by atoms with Crippen molar-refractivity contribution in [2.45, 2.75) is 52.5 Å². The second-order valence-corrected chi connectivity index (χ2v) is 5.99. The fourth-order valence-corrected chi connectivity index (χ4v) is 3.31. The van der Waals surface area contributed by atoms with Crippen LogP contribution in [-0.2, 0) is 6.54 Å². The summed E-state index contributed by atoms with van der Waals surface area (Å²) in [6.45, 7) is 6.69.